The molecule has 1 saturated heterocycles. The number of aromatic nitrogens is 3. The van der Waals surface area contributed by atoms with Crippen molar-refractivity contribution < 1.29 is 19.3 Å². The molecule has 26 heavy (non-hydrogen) atoms. The van der Waals surface area contributed by atoms with Crippen LogP contribution in [0.1, 0.15) is 6.92 Å². The van der Waals surface area contributed by atoms with Gasteiger partial charge in [0.05, 0.1) is 7.11 Å². The van der Waals surface area contributed by atoms with Gasteiger partial charge in [0.15, 0.2) is 6.67 Å². The number of rotatable bonds is 8. The molecular formula is C18H29N5O2S+2. The molecule has 2 N–H and O–H groups in total. The summed E-state index contributed by atoms with van der Waals surface area (Å²) in [6, 6.07) is 7.76. The number of hydrogen-bond donors (Lipinski definition) is 2. The van der Waals surface area contributed by atoms with Crippen LogP contribution in [0.5, 0.6) is 11.5 Å². The molecule has 0 saturated carbocycles. The highest BCUT2D eigenvalue weighted by molar-refractivity contribution is 7.71. The van der Waals surface area contributed by atoms with Gasteiger partial charge in [0.1, 0.15) is 57.2 Å². The molecule has 0 aliphatic carbocycles. The van der Waals surface area contributed by atoms with E-state index in [0.29, 0.717) is 0 Å². The van der Waals surface area contributed by atoms with Crippen molar-refractivity contribution in [3.63, 3.8) is 0 Å². The molecule has 1 aliphatic heterocycles. The van der Waals surface area contributed by atoms with E-state index in [-0.39, 0.29) is 0 Å². The van der Waals surface area contributed by atoms with Crippen molar-refractivity contribution in [2.75, 3.05) is 46.4 Å². The molecule has 0 spiro atoms. The van der Waals surface area contributed by atoms with Crippen LogP contribution in [0.15, 0.2) is 30.6 Å². The Kier molecular flexibility index (Phi) is 6.65. The fraction of sp³-hybridized carbons (Fsp3) is 0.556. The van der Waals surface area contributed by atoms with Gasteiger partial charge in [0.2, 0.25) is 4.77 Å². The first-order valence-corrected chi connectivity index (χ1v) is 9.66. The van der Waals surface area contributed by atoms with Crippen LogP contribution in [0.4, 0.5) is 0 Å². The standard InChI is InChI=1S/C18H27N5O2S/c1-3-22-14-19-23(18(22)26)15-21-10-8-20(9-11-21)12-13-25-17-6-4-16(24-2)5-7-17/h4-7,14H,3,8-13,15H2,1-2H3/p+2. The van der Waals surface area contributed by atoms with Crippen LogP contribution in [0, 0.1) is 4.77 Å². The summed E-state index contributed by atoms with van der Waals surface area (Å²) in [7, 11) is 1.67. The van der Waals surface area contributed by atoms with Gasteiger partial charge in [-0.25, -0.2) is 0 Å². The van der Waals surface area contributed by atoms with Gasteiger partial charge in [-0.05, 0) is 43.4 Å². The lowest BCUT2D eigenvalue weighted by Crippen LogP contribution is -3.28. The Morgan fingerprint density at radius 3 is 2.35 bits per heavy atom. The van der Waals surface area contributed by atoms with Gasteiger partial charge in [0.25, 0.3) is 0 Å². The van der Waals surface area contributed by atoms with Crippen molar-refractivity contribution in [2.24, 2.45) is 0 Å². The predicted octanol–water partition coefficient (Wildman–Crippen LogP) is -0.738. The van der Waals surface area contributed by atoms with Crippen LogP contribution in [-0.2, 0) is 13.2 Å². The largest absolute Gasteiger partial charge is 0.497 e. The average Bonchev–Trinajstić information content (AvgIpc) is 3.03. The van der Waals surface area contributed by atoms with Crippen molar-refractivity contribution in [2.45, 2.75) is 20.1 Å². The lowest BCUT2D eigenvalue weighted by Gasteiger charge is -2.29. The number of nitrogens with zero attached hydrogens (tertiary/aromatic N) is 3. The second-order valence-corrected chi connectivity index (χ2v) is 7.00. The number of quaternary nitrogens is 2. The minimum absolute atomic E-state index is 0.739. The molecule has 142 valence electrons. The zero-order valence-corrected chi connectivity index (χ0v) is 16.4. The SMILES string of the molecule is CCn1cnn(C[NH+]2CC[NH+](CCOc3ccc(OC)cc3)CC2)c1=S. The van der Waals surface area contributed by atoms with Crippen LogP contribution < -0.4 is 19.3 Å². The molecule has 2 heterocycles. The Morgan fingerprint density at radius 2 is 1.73 bits per heavy atom. The Labute approximate surface area is 159 Å². The Morgan fingerprint density at radius 1 is 1.08 bits per heavy atom. The topological polar surface area (TPSA) is 50.1 Å². The highest BCUT2D eigenvalue weighted by atomic mass is 32.1. The Hall–Kier alpha value is -1.90. The monoisotopic (exact) mass is 379 g/mol. The number of methoxy groups -OCH3 is 1. The molecule has 0 radical (unpaired) electrons. The van der Waals surface area contributed by atoms with E-state index < -0.39 is 0 Å². The van der Waals surface area contributed by atoms with E-state index in [0.717, 1.165) is 68.8 Å². The lowest BCUT2D eigenvalue weighted by molar-refractivity contribution is -1.02. The lowest BCUT2D eigenvalue weighted by atomic mass is 10.3. The summed E-state index contributed by atoms with van der Waals surface area (Å²) in [5, 5.41) is 4.41. The van der Waals surface area contributed by atoms with Crippen LogP contribution in [0.2, 0.25) is 0 Å². The van der Waals surface area contributed by atoms with Gasteiger partial charge in [-0.3, -0.25) is 0 Å². The zero-order chi connectivity index (χ0) is 18.4. The molecule has 0 unspecified atom stereocenters. The molecule has 2 aromatic rings. The number of benzene rings is 1. The molecule has 0 bridgehead atoms. The van der Waals surface area contributed by atoms with E-state index >= 15 is 0 Å². The number of aryl methyl sites for hydroxylation is 1. The molecule has 1 aromatic carbocycles. The first-order valence-electron chi connectivity index (χ1n) is 9.26. The fourth-order valence-electron chi connectivity index (χ4n) is 3.26. The Balaban J connectivity index is 1.38. The first-order chi connectivity index (χ1) is 12.7. The summed E-state index contributed by atoms with van der Waals surface area (Å²) in [6.45, 7) is 10.2. The number of ether oxygens (including phenoxy) is 2. The average molecular weight is 380 g/mol. The molecule has 1 aromatic heterocycles. The quantitative estimate of drug-likeness (QED) is 0.594. The summed E-state index contributed by atoms with van der Waals surface area (Å²) >= 11 is 5.46. The summed E-state index contributed by atoms with van der Waals surface area (Å²) < 4.78 is 15.8. The molecule has 3 rings (SSSR count). The third-order valence-corrected chi connectivity index (χ3v) is 5.40. The summed E-state index contributed by atoms with van der Waals surface area (Å²) in [5.74, 6) is 1.75. The van der Waals surface area contributed by atoms with Crippen LogP contribution in [-0.4, -0.2) is 60.8 Å². The van der Waals surface area contributed by atoms with Crippen molar-refractivity contribution in [3.05, 3.63) is 35.4 Å². The molecule has 8 heteroatoms. The molecule has 0 amide bonds. The minimum Gasteiger partial charge on any atom is -0.497 e. The van der Waals surface area contributed by atoms with Gasteiger partial charge < -0.3 is 23.8 Å². The summed E-state index contributed by atoms with van der Waals surface area (Å²) in [6.07, 6.45) is 1.83. The van der Waals surface area contributed by atoms with Gasteiger partial charge in [0, 0.05) is 6.54 Å². The highest BCUT2D eigenvalue weighted by Gasteiger charge is 2.23. The first kappa shape index (κ1) is 18.9. The van der Waals surface area contributed by atoms with E-state index in [1.54, 1.807) is 16.9 Å². The minimum atomic E-state index is 0.739. The van der Waals surface area contributed by atoms with Gasteiger partial charge >= 0.3 is 0 Å². The maximum atomic E-state index is 5.85. The smallest absolute Gasteiger partial charge is 0.202 e. The third-order valence-electron chi connectivity index (χ3n) is 4.96. The second kappa shape index (κ2) is 9.16. The highest BCUT2D eigenvalue weighted by Crippen LogP contribution is 2.16. The van der Waals surface area contributed by atoms with E-state index in [4.69, 9.17) is 21.7 Å². The van der Waals surface area contributed by atoms with Crippen LogP contribution in [0.3, 0.4) is 0 Å². The molecule has 1 aliphatic rings. The molecular weight excluding hydrogens is 350 g/mol. The van der Waals surface area contributed by atoms with E-state index in [2.05, 4.69) is 12.0 Å². The van der Waals surface area contributed by atoms with Crippen molar-refractivity contribution >= 4 is 12.2 Å². The van der Waals surface area contributed by atoms with Crippen LogP contribution >= 0.6 is 12.2 Å². The predicted molar refractivity (Wildman–Crippen MR) is 101 cm³/mol. The maximum absolute atomic E-state index is 5.85. The van der Waals surface area contributed by atoms with Crippen molar-refractivity contribution in [3.8, 4) is 11.5 Å². The molecule has 7 nitrogen and oxygen atoms in total. The summed E-state index contributed by atoms with van der Waals surface area (Å²) in [5.41, 5.74) is 0. The normalized spacial score (nSPS) is 20.1. The number of piperazine rings is 1. The molecule has 0 atom stereocenters. The number of nitrogens with one attached hydrogen (secondary N) is 2. The second-order valence-electron chi connectivity index (χ2n) is 6.63. The van der Waals surface area contributed by atoms with E-state index in [1.807, 2.05) is 39.8 Å². The maximum Gasteiger partial charge on any atom is 0.202 e. The van der Waals surface area contributed by atoms with Gasteiger partial charge in [-0.1, -0.05) is 0 Å². The third kappa shape index (κ3) is 4.84. The number of hydrogen-bond acceptors (Lipinski definition) is 4. The zero-order valence-electron chi connectivity index (χ0n) is 15.6. The van der Waals surface area contributed by atoms with Gasteiger partial charge in [-0.2, -0.15) is 9.78 Å². The van der Waals surface area contributed by atoms with E-state index in [9.17, 15) is 0 Å². The summed E-state index contributed by atoms with van der Waals surface area (Å²) in [4.78, 5) is 3.15. The Bertz CT molecular complexity index is 735. The van der Waals surface area contributed by atoms with Crippen molar-refractivity contribution in [1.82, 2.24) is 14.3 Å². The van der Waals surface area contributed by atoms with Crippen molar-refractivity contribution in [1.29, 1.82) is 0 Å². The molecule has 1 fully saturated rings. The van der Waals surface area contributed by atoms with Gasteiger partial charge in [-0.15, -0.1) is 0 Å². The fourth-order valence-corrected chi connectivity index (χ4v) is 3.55. The van der Waals surface area contributed by atoms with E-state index in [1.165, 1.54) is 0 Å². The van der Waals surface area contributed by atoms with Crippen LogP contribution in [0.25, 0.3) is 0 Å².